The lowest BCUT2D eigenvalue weighted by molar-refractivity contribution is -0.121. The number of halogens is 1. The minimum absolute atomic E-state index is 0.000264. The molecule has 0 saturated heterocycles. The summed E-state index contributed by atoms with van der Waals surface area (Å²) in [5.41, 5.74) is 0.348. The Morgan fingerprint density at radius 3 is 2.76 bits per heavy atom. The summed E-state index contributed by atoms with van der Waals surface area (Å²) >= 11 is 5.92. The third kappa shape index (κ3) is 4.19. The molecule has 2 amide bonds. The Hall–Kier alpha value is -1.59. The van der Waals surface area contributed by atoms with E-state index in [0.29, 0.717) is 10.6 Å². The lowest BCUT2D eigenvalue weighted by Crippen LogP contribution is -2.44. The van der Waals surface area contributed by atoms with E-state index in [-0.39, 0.29) is 36.9 Å². The summed E-state index contributed by atoms with van der Waals surface area (Å²) in [7, 11) is 0. The van der Waals surface area contributed by atoms with E-state index in [1.807, 2.05) is 0 Å². The molecule has 2 atom stereocenters. The molecule has 0 radical (unpaired) electrons. The molecule has 1 fully saturated rings. The first-order valence-electron chi connectivity index (χ1n) is 7.04. The van der Waals surface area contributed by atoms with Crippen LogP contribution in [0.2, 0.25) is 5.02 Å². The molecule has 2 unspecified atom stereocenters. The molecule has 21 heavy (non-hydrogen) atoms. The van der Waals surface area contributed by atoms with Crippen molar-refractivity contribution in [2.45, 2.75) is 25.3 Å². The van der Waals surface area contributed by atoms with Crippen LogP contribution in [0.1, 0.15) is 29.6 Å². The normalized spacial score (nSPS) is 21.0. The van der Waals surface area contributed by atoms with Crippen LogP contribution in [0.15, 0.2) is 24.3 Å². The molecular weight excluding hydrogens is 292 g/mol. The number of rotatable bonds is 5. The molecular formula is C15H19ClN2O3. The number of aliphatic hydroxyl groups excluding tert-OH is 1. The fourth-order valence-electron chi connectivity index (χ4n) is 2.60. The Kier molecular flexibility index (Phi) is 5.59. The van der Waals surface area contributed by atoms with E-state index >= 15 is 0 Å². The van der Waals surface area contributed by atoms with Gasteiger partial charge in [0.25, 0.3) is 5.91 Å². The summed E-state index contributed by atoms with van der Waals surface area (Å²) in [6, 6.07) is 6.68. The highest BCUT2D eigenvalue weighted by Crippen LogP contribution is 2.24. The molecule has 114 valence electrons. The quantitative estimate of drug-likeness (QED) is 0.768. The van der Waals surface area contributed by atoms with Crippen molar-refractivity contribution in [3.63, 3.8) is 0 Å². The van der Waals surface area contributed by atoms with Gasteiger partial charge in [-0.05, 0) is 25.0 Å². The number of carbonyl (C=O) groups excluding carboxylic acids is 2. The molecule has 0 aliphatic heterocycles. The van der Waals surface area contributed by atoms with Crippen LogP contribution >= 0.6 is 11.6 Å². The Labute approximate surface area is 128 Å². The fraction of sp³-hybridized carbons (Fsp3) is 0.467. The number of nitrogens with one attached hydrogen (secondary N) is 2. The van der Waals surface area contributed by atoms with Gasteiger partial charge in [0.2, 0.25) is 5.91 Å². The standard InChI is InChI=1S/C15H19ClN2O3/c16-12-6-2-1-5-11(12)15(21)17-8-14(20)18-13-7-3-4-10(13)9-19/h1-2,5-6,10,13,19H,3-4,7-9H2,(H,17,21)(H,18,20). The molecule has 5 nitrogen and oxygen atoms in total. The van der Waals surface area contributed by atoms with E-state index in [1.54, 1.807) is 24.3 Å². The number of hydrogen-bond donors (Lipinski definition) is 3. The molecule has 2 rings (SSSR count). The van der Waals surface area contributed by atoms with E-state index in [0.717, 1.165) is 19.3 Å². The van der Waals surface area contributed by atoms with Gasteiger partial charge in [0, 0.05) is 18.6 Å². The number of hydrogen-bond acceptors (Lipinski definition) is 3. The maximum Gasteiger partial charge on any atom is 0.253 e. The number of amides is 2. The van der Waals surface area contributed by atoms with Gasteiger partial charge in [-0.15, -0.1) is 0 Å². The van der Waals surface area contributed by atoms with E-state index < -0.39 is 0 Å². The summed E-state index contributed by atoms with van der Waals surface area (Å²) in [5.74, 6) is -0.505. The zero-order valence-corrected chi connectivity index (χ0v) is 12.4. The Balaban J connectivity index is 1.81. The monoisotopic (exact) mass is 310 g/mol. The first-order chi connectivity index (χ1) is 10.1. The number of benzene rings is 1. The largest absolute Gasteiger partial charge is 0.396 e. The fourth-order valence-corrected chi connectivity index (χ4v) is 2.83. The zero-order chi connectivity index (χ0) is 15.2. The van der Waals surface area contributed by atoms with Crippen LogP contribution in [0.4, 0.5) is 0 Å². The van der Waals surface area contributed by atoms with Crippen LogP contribution in [-0.4, -0.2) is 36.1 Å². The molecule has 1 aromatic carbocycles. The predicted octanol–water partition coefficient (Wildman–Crippen LogP) is 1.35. The van der Waals surface area contributed by atoms with Gasteiger partial charge < -0.3 is 15.7 Å². The maximum absolute atomic E-state index is 11.9. The van der Waals surface area contributed by atoms with E-state index in [2.05, 4.69) is 10.6 Å². The minimum atomic E-state index is -0.374. The summed E-state index contributed by atoms with van der Waals surface area (Å²) < 4.78 is 0. The van der Waals surface area contributed by atoms with Crippen LogP contribution in [0, 0.1) is 5.92 Å². The third-order valence-electron chi connectivity index (χ3n) is 3.77. The van der Waals surface area contributed by atoms with E-state index in [4.69, 9.17) is 11.6 Å². The highest BCUT2D eigenvalue weighted by Gasteiger charge is 2.27. The SMILES string of the molecule is O=C(CNC(=O)c1ccccc1Cl)NC1CCCC1CO. The molecule has 3 N–H and O–H groups in total. The molecule has 0 aromatic heterocycles. The number of aliphatic hydroxyl groups is 1. The van der Waals surface area contributed by atoms with Gasteiger partial charge in [0.15, 0.2) is 0 Å². The van der Waals surface area contributed by atoms with Crippen LogP contribution in [0.5, 0.6) is 0 Å². The summed E-state index contributed by atoms with van der Waals surface area (Å²) in [4.78, 5) is 23.8. The van der Waals surface area contributed by atoms with Crippen molar-refractivity contribution in [2.75, 3.05) is 13.2 Å². The second kappa shape index (κ2) is 7.43. The first-order valence-corrected chi connectivity index (χ1v) is 7.42. The second-order valence-corrected chi connectivity index (χ2v) is 5.62. The van der Waals surface area contributed by atoms with Crippen molar-refractivity contribution in [3.8, 4) is 0 Å². The van der Waals surface area contributed by atoms with Crippen molar-refractivity contribution >= 4 is 23.4 Å². The molecule has 1 aromatic rings. The molecule has 1 saturated carbocycles. The Bertz CT molecular complexity index is 521. The van der Waals surface area contributed by atoms with Crippen molar-refractivity contribution in [1.29, 1.82) is 0 Å². The molecule has 0 heterocycles. The average Bonchev–Trinajstić information content (AvgIpc) is 2.92. The minimum Gasteiger partial charge on any atom is -0.396 e. The summed E-state index contributed by atoms with van der Waals surface area (Å²) in [6.07, 6.45) is 2.80. The lowest BCUT2D eigenvalue weighted by Gasteiger charge is -2.19. The average molecular weight is 311 g/mol. The van der Waals surface area contributed by atoms with Crippen LogP contribution in [0.25, 0.3) is 0 Å². The van der Waals surface area contributed by atoms with Crippen molar-refractivity contribution in [1.82, 2.24) is 10.6 Å². The smallest absolute Gasteiger partial charge is 0.253 e. The molecule has 1 aliphatic rings. The van der Waals surface area contributed by atoms with E-state index in [9.17, 15) is 14.7 Å². The zero-order valence-electron chi connectivity index (χ0n) is 11.6. The van der Waals surface area contributed by atoms with Crippen molar-refractivity contribution in [2.24, 2.45) is 5.92 Å². The molecule has 6 heteroatoms. The maximum atomic E-state index is 11.9. The Morgan fingerprint density at radius 1 is 1.29 bits per heavy atom. The van der Waals surface area contributed by atoms with Crippen LogP contribution < -0.4 is 10.6 Å². The van der Waals surface area contributed by atoms with Crippen LogP contribution in [0.3, 0.4) is 0 Å². The molecule has 1 aliphatic carbocycles. The summed E-state index contributed by atoms with van der Waals surface area (Å²) in [5, 5.41) is 15.0. The van der Waals surface area contributed by atoms with Gasteiger partial charge in [0.05, 0.1) is 17.1 Å². The highest BCUT2D eigenvalue weighted by atomic mass is 35.5. The van der Waals surface area contributed by atoms with Gasteiger partial charge in [-0.1, -0.05) is 30.2 Å². The topological polar surface area (TPSA) is 78.4 Å². The first kappa shape index (κ1) is 15.8. The second-order valence-electron chi connectivity index (χ2n) is 5.21. The van der Waals surface area contributed by atoms with E-state index in [1.165, 1.54) is 0 Å². The van der Waals surface area contributed by atoms with Crippen LogP contribution in [-0.2, 0) is 4.79 Å². The van der Waals surface area contributed by atoms with Gasteiger partial charge in [0.1, 0.15) is 0 Å². The van der Waals surface area contributed by atoms with Crippen molar-refractivity contribution < 1.29 is 14.7 Å². The molecule has 0 spiro atoms. The van der Waals surface area contributed by atoms with Gasteiger partial charge in [-0.25, -0.2) is 0 Å². The van der Waals surface area contributed by atoms with Gasteiger partial charge in [-0.3, -0.25) is 9.59 Å². The third-order valence-corrected chi connectivity index (χ3v) is 4.10. The van der Waals surface area contributed by atoms with Gasteiger partial charge in [-0.2, -0.15) is 0 Å². The lowest BCUT2D eigenvalue weighted by atomic mass is 10.1. The van der Waals surface area contributed by atoms with Gasteiger partial charge >= 0.3 is 0 Å². The number of carbonyl (C=O) groups is 2. The van der Waals surface area contributed by atoms with Crippen molar-refractivity contribution in [3.05, 3.63) is 34.9 Å². The Morgan fingerprint density at radius 2 is 2.05 bits per heavy atom. The highest BCUT2D eigenvalue weighted by molar-refractivity contribution is 6.33. The predicted molar refractivity (Wildman–Crippen MR) is 80.1 cm³/mol. The molecule has 0 bridgehead atoms. The summed E-state index contributed by atoms with van der Waals surface area (Å²) in [6.45, 7) is -0.0182.